The van der Waals surface area contributed by atoms with Crippen molar-refractivity contribution >= 4 is 0 Å². The van der Waals surface area contributed by atoms with Gasteiger partial charge in [0.1, 0.15) is 0 Å². The third-order valence-electron chi connectivity index (χ3n) is 4.18. The second kappa shape index (κ2) is 8.90. The molecular formula is C17H30N2O2. The maximum atomic E-state index is 9.61. The number of likely N-dealkylation sites (N-methyl/N-ethyl adjacent to an activating group) is 1. The van der Waals surface area contributed by atoms with Crippen molar-refractivity contribution in [3.63, 3.8) is 0 Å². The van der Waals surface area contributed by atoms with Crippen LogP contribution in [0.15, 0.2) is 18.2 Å². The molecule has 0 aromatic heterocycles. The molecule has 0 amide bonds. The lowest BCUT2D eigenvalue weighted by Gasteiger charge is -2.31. The van der Waals surface area contributed by atoms with Crippen LogP contribution in [0.5, 0.6) is 11.5 Å². The van der Waals surface area contributed by atoms with E-state index in [2.05, 4.69) is 38.2 Å². The first-order valence-electron chi connectivity index (χ1n) is 7.76. The molecule has 21 heavy (non-hydrogen) atoms. The zero-order valence-corrected chi connectivity index (χ0v) is 14.0. The Morgan fingerprint density at radius 3 is 2.43 bits per heavy atom. The summed E-state index contributed by atoms with van der Waals surface area (Å²) in [4.78, 5) is 2.31. The van der Waals surface area contributed by atoms with Gasteiger partial charge in [-0.3, -0.25) is 0 Å². The van der Waals surface area contributed by atoms with Gasteiger partial charge in [-0.2, -0.15) is 0 Å². The van der Waals surface area contributed by atoms with Gasteiger partial charge in [0.05, 0.1) is 7.11 Å². The Bertz CT molecular complexity index is 417. The van der Waals surface area contributed by atoms with E-state index < -0.39 is 0 Å². The molecule has 0 aliphatic carbocycles. The van der Waals surface area contributed by atoms with Crippen LogP contribution < -0.4 is 10.1 Å². The Morgan fingerprint density at radius 2 is 1.90 bits per heavy atom. The predicted molar refractivity (Wildman–Crippen MR) is 87.9 cm³/mol. The van der Waals surface area contributed by atoms with Crippen LogP contribution in [-0.4, -0.2) is 43.8 Å². The fourth-order valence-electron chi connectivity index (χ4n) is 2.80. The number of ether oxygens (including phenoxy) is 1. The molecular weight excluding hydrogens is 264 g/mol. The number of benzene rings is 1. The zero-order chi connectivity index (χ0) is 15.8. The van der Waals surface area contributed by atoms with E-state index in [1.165, 1.54) is 12.8 Å². The van der Waals surface area contributed by atoms with E-state index in [0.29, 0.717) is 17.7 Å². The predicted octanol–water partition coefficient (Wildman–Crippen LogP) is 2.86. The van der Waals surface area contributed by atoms with E-state index in [-0.39, 0.29) is 5.75 Å². The van der Waals surface area contributed by atoms with Crippen LogP contribution in [0.1, 0.15) is 32.3 Å². The van der Waals surface area contributed by atoms with Crippen molar-refractivity contribution in [3.05, 3.63) is 23.8 Å². The lowest BCUT2D eigenvalue weighted by molar-refractivity contribution is 0.194. The summed E-state index contributed by atoms with van der Waals surface area (Å²) in [5, 5.41) is 13.1. The molecule has 2 N–H and O–H groups in total. The van der Waals surface area contributed by atoms with Crippen LogP contribution >= 0.6 is 0 Å². The summed E-state index contributed by atoms with van der Waals surface area (Å²) in [6.07, 6.45) is 2.40. The Labute approximate surface area is 129 Å². The van der Waals surface area contributed by atoms with E-state index in [0.717, 1.165) is 18.7 Å². The molecule has 0 heterocycles. The van der Waals surface area contributed by atoms with Crippen LogP contribution in [0.4, 0.5) is 0 Å². The minimum atomic E-state index is 0.185. The van der Waals surface area contributed by atoms with Crippen LogP contribution in [0.25, 0.3) is 0 Å². The van der Waals surface area contributed by atoms with Gasteiger partial charge in [-0.25, -0.2) is 0 Å². The quantitative estimate of drug-likeness (QED) is 0.735. The molecule has 1 unspecified atom stereocenters. The number of rotatable bonds is 9. The van der Waals surface area contributed by atoms with E-state index in [1.54, 1.807) is 13.2 Å². The molecule has 0 aliphatic rings. The first-order valence-corrected chi connectivity index (χ1v) is 7.76. The molecule has 1 atom stereocenters. The monoisotopic (exact) mass is 294 g/mol. The topological polar surface area (TPSA) is 44.7 Å². The highest BCUT2D eigenvalue weighted by atomic mass is 16.5. The summed E-state index contributed by atoms with van der Waals surface area (Å²) >= 11 is 0. The van der Waals surface area contributed by atoms with Gasteiger partial charge in [0.15, 0.2) is 11.5 Å². The fraction of sp³-hybridized carbons (Fsp3) is 0.647. The Hall–Kier alpha value is -1.26. The highest BCUT2D eigenvalue weighted by Gasteiger charge is 2.19. The number of phenols is 1. The number of hydrogen-bond acceptors (Lipinski definition) is 4. The number of nitrogens with zero attached hydrogens (tertiary/aromatic N) is 1. The number of nitrogens with one attached hydrogen (secondary N) is 1. The third kappa shape index (κ3) is 5.21. The molecule has 1 aromatic rings. The third-order valence-corrected chi connectivity index (χ3v) is 4.18. The minimum Gasteiger partial charge on any atom is -0.504 e. The van der Waals surface area contributed by atoms with Crippen molar-refractivity contribution in [1.82, 2.24) is 10.2 Å². The normalized spacial score (nSPS) is 12.9. The first-order chi connectivity index (χ1) is 10.0. The van der Waals surface area contributed by atoms with Gasteiger partial charge in [-0.1, -0.05) is 32.8 Å². The van der Waals surface area contributed by atoms with Gasteiger partial charge in [-0.15, -0.1) is 0 Å². The molecule has 0 spiro atoms. The van der Waals surface area contributed by atoms with Gasteiger partial charge in [0.25, 0.3) is 0 Å². The molecule has 0 fully saturated rings. The van der Waals surface area contributed by atoms with E-state index in [1.807, 2.05) is 12.1 Å². The summed E-state index contributed by atoms with van der Waals surface area (Å²) in [7, 11) is 5.87. The summed E-state index contributed by atoms with van der Waals surface area (Å²) in [6, 6.07) is 6.02. The highest BCUT2D eigenvalue weighted by molar-refractivity contribution is 5.41. The molecule has 4 heteroatoms. The maximum absolute atomic E-state index is 9.61. The second-order valence-corrected chi connectivity index (χ2v) is 5.74. The van der Waals surface area contributed by atoms with Crippen molar-refractivity contribution in [3.8, 4) is 11.5 Å². The molecule has 1 aromatic carbocycles. The Balaban J connectivity index is 2.58. The largest absolute Gasteiger partial charge is 0.504 e. The molecule has 4 nitrogen and oxygen atoms in total. The molecule has 120 valence electrons. The van der Waals surface area contributed by atoms with E-state index in [4.69, 9.17) is 4.74 Å². The SMILES string of the molecule is CCC(CC)C(CNCc1ccc(O)c(OC)c1)N(C)C. The Kier molecular flexibility index (Phi) is 7.54. The summed E-state index contributed by atoms with van der Waals surface area (Å²) in [6.45, 7) is 6.26. The van der Waals surface area contributed by atoms with Crippen molar-refractivity contribution in [2.45, 2.75) is 39.3 Å². The standard InChI is InChI=1S/C17H30N2O2/c1-6-14(7-2)15(19(3)4)12-18-11-13-8-9-16(20)17(10-13)21-5/h8-10,14-15,18,20H,6-7,11-12H2,1-5H3. The number of methoxy groups -OCH3 is 1. The molecule has 0 saturated carbocycles. The van der Waals surface area contributed by atoms with Gasteiger partial charge in [0, 0.05) is 19.1 Å². The van der Waals surface area contributed by atoms with E-state index >= 15 is 0 Å². The maximum Gasteiger partial charge on any atom is 0.160 e. The van der Waals surface area contributed by atoms with Gasteiger partial charge in [-0.05, 0) is 37.7 Å². The average molecular weight is 294 g/mol. The molecule has 1 rings (SSSR count). The van der Waals surface area contributed by atoms with Gasteiger partial charge < -0.3 is 20.1 Å². The summed E-state index contributed by atoms with van der Waals surface area (Å²) in [5.41, 5.74) is 1.12. The lowest BCUT2D eigenvalue weighted by atomic mass is 9.93. The second-order valence-electron chi connectivity index (χ2n) is 5.74. The molecule has 0 aliphatic heterocycles. The van der Waals surface area contributed by atoms with Crippen molar-refractivity contribution in [2.75, 3.05) is 27.7 Å². The molecule has 0 bridgehead atoms. The highest BCUT2D eigenvalue weighted by Crippen LogP contribution is 2.26. The zero-order valence-electron chi connectivity index (χ0n) is 14.0. The first kappa shape index (κ1) is 17.8. The minimum absolute atomic E-state index is 0.185. The number of phenolic OH excluding ortho intramolecular Hbond substituents is 1. The van der Waals surface area contributed by atoms with Crippen molar-refractivity contribution in [1.29, 1.82) is 0 Å². The smallest absolute Gasteiger partial charge is 0.160 e. The van der Waals surface area contributed by atoms with Crippen LogP contribution in [0.2, 0.25) is 0 Å². The summed E-state index contributed by atoms with van der Waals surface area (Å²) < 4.78 is 5.14. The van der Waals surface area contributed by atoms with Crippen LogP contribution in [0.3, 0.4) is 0 Å². The summed E-state index contributed by atoms with van der Waals surface area (Å²) in [5.74, 6) is 1.42. The van der Waals surface area contributed by atoms with Gasteiger partial charge in [0.2, 0.25) is 0 Å². The number of aromatic hydroxyl groups is 1. The average Bonchev–Trinajstić information content (AvgIpc) is 2.48. The van der Waals surface area contributed by atoms with Gasteiger partial charge >= 0.3 is 0 Å². The van der Waals surface area contributed by atoms with Crippen molar-refractivity contribution < 1.29 is 9.84 Å². The van der Waals surface area contributed by atoms with E-state index in [9.17, 15) is 5.11 Å². The molecule has 0 saturated heterocycles. The van der Waals surface area contributed by atoms with Crippen molar-refractivity contribution in [2.24, 2.45) is 5.92 Å². The Morgan fingerprint density at radius 1 is 1.24 bits per heavy atom. The van der Waals surface area contributed by atoms with Crippen LogP contribution in [0, 0.1) is 5.92 Å². The van der Waals surface area contributed by atoms with Crippen LogP contribution in [-0.2, 0) is 6.54 Å². The lowest BCUT2D eigenvalue weighted by Crippen LogP contribution is -2.42. The fourth-order valence-corrected chi connectivity index (χ4v) is 2.80. The number of hydrogen-bond donors (Lipinski definition) is 2. The molecule has 0 radical (unpaired) electrons.